The molecule has 0 saturated heterocycles. The Morgan fingerprint density at radius 1 is 0.435 bits per heavy atom. The molecule has 0 bridgehead atoms. The first-order valence-electron chi connectivity index (χ1n) is 15.7. The minimum Gasteiger partial charge on any atom is -0.196 e. The number of aromatic nitrogens is 6. The quantitative estimate of drug-likeness (QED) is 0.182. The first-order chi connectivity index (χ1) is 22.3. The van der Waals surface area contributed by atoms with Gasteiger partial charge in [-0.25, -0.2) is 0 Å². The summed E-state index contributed by atoms with van der Waals surface area (Å²) >= 11 is 0. The van der Waals surface area contributed by atoms with Gasteiger partial charge in [0.25, 0.3) is 0 Å². The molecule has 5 aromatic carbocycles. The second-order valence-electron chi connectivity index (χ2n) is 12.2. The summed E-state index contributed by atoms with van der Waals surface area (Å²) in [5.41, 5.74) is 13.6. The zero-order chi connectivity index (χ0) is 31.9. The van der Waals surface area contributed by atoms with Crippen LogP contribution in [0.15, 0.2) is 122 Å². The highest BCUT2D eigenvalue weighted by Crippen LogP contribution is 2.28. The van der Waals surface area contributed by atoms with Crippen molar-refractivity contribution >= 4 is 0 Å². The van der Waals surface area contributed by atoms with E-state index in [-0.39, 0.29) is 0 Å². The fraction of sp³-hybridized carbons (Fsp3) is 0.150. The maximum absolute atomic E-state index is 5.21. The third-order valence-electron chi connectivity index (χ3n) is 8.54. The molecule has 2 heterocycles. The summed E-state index contributed by atoms with van der Waals surface area (Å²) in [4.78, 5) is 0. The average Bonchev–Trinajstić information content (AvgIpc) is 3.67. The lowest BCUT2D eigenvalue weighted by Crippen LogP contribution is -2.31. The normalized spacial score (nSPS) is 11.3. The molecule has 0 N–H and O–H groups in total. The lowest BCUT2D eigenvalue weighted by Gasteiger charge is -2.08. The molecule has 2 aromatic heterocycles. The summed E-state index contributed by atoms with van der Waals surface area (Å²) in [7, 11) is 0. The van der Waals surface area contributed by atoms with Gasteiger partial charge in [-0.1, -0.05) is 87.2 Å². The van der Waals surface area contributed by atoms with Gasteiger partial charge in [0.15, 0.2) is 0 Å². The van der Waals surface area contributed by atoms with Gasteiger partial charge in [-0.05, 0) is 100 Å². The van der Waals surface area contributed by atoms with E-state index < -0.39 is 0 Å². The number of nitrogens with zero attached hydrogens (tertiary/aromatic N) is 6. The van der Waals surface area contributed by atoms with Crippen LogP contribution in [-0.4, -0.2) is 19.6 Å². The molecular weight excluding hydrogens is 564 g/mol. The van der Waals surface area contributed by atoms with Gasteiger partial charge in [0.1, 0.15) is 22.7 Å². The molecule has 46 heavy (non-hydrogen) atoms. The van der Waals surface area contributed by atoms with Crippen LogP contribution in [-0.2, 0) is 0 Å². The molecule has 0 spiro atoms. The van der Waals surface area contributed by atoms with Crippen molar-refractivity contribution < 1.29 is 9.13 Å². The van der Waals surface area contributed by atoms with Crippen LogP contribution < -0.4 is 9.13 Å². The molecule has 0 amide bonds. The van der Waals surface area contributed by atoms with E-state index in [9.17, 15) is 0 Å². The van der Waals surface area contributed by atoms with Crippen molar-refractivity contribution in [1.82, 2.24) is 19.6 Å². The van der Waals surface area contributed by atoms with Crippen LogP contribution in [0.1, 0.15) is 33.4 Å². The summed E-state index contributed by atoms with van der Waals surface area (Å²) in [6.45, 7) is 12.9. The molecule has 0 fully saturated rings. The average molecular weight is 603 g/mol. The molecule has 7 rings (SSSR count). The largest absolute Gasteiger partial charge is 0.314 e. The van der Waals surface area contributed by atoms with Gasteiger partial charge < -0.3 is 0 Å². The molecule has 0 radical (unpaired) electrons. The van der Waals surface area contributed by atoms with E-state index in [4.69, 9.17) is 10.2 Å². The number of para-hydroxylation sites is 2. The van der Waals surface area contributed by atoms with Crippen molar-refractivity contribution in [1.29, 1.82) is 0 Å². The van der Waals surface area contributed by atoms with Crippen molar-refractivity contribution in [2.45, 2.75) is 41.5 Å². The second kappa shape index (κ2) is 11.7. The topological polar surface area (TPSA) is 43.4 Å². The maximum Gasteiger partial charge on any atom is 0.314 e. The fourth-order valence-corrected chi connectivity index (χ4v) is 6.67. The first-order valence-corrected chi connectivity index (χ1v) is 15.7. The van der Waals surface area contributed by atoms with Gasteiger partial charge in [0, 0.05) is 6.07 Å². The van der Waals surface area contributed by atoms with E-state index in [1.807, 2.05) is 21.5 Å². The summed E-state index contributed by atoms with van der Waals surface area (Å²) in [5, 5.41) is 10.4. The van der Waals surface area contributed by atoms with Gasteiger partial charge in [0.2, 0.25) is 12.7 Å². The number of rotatable bonds is 6. The summed E-state index contributed by atoms with van der Waals surface area (Å²) in [5.74, 6) is 1.81. The third-order valence-corrected chi connectivity index (χ3v) is 8.54. The van der Waals surface area contributed by atoms with Crippen molar-refractivity contribution in [3.05, 3.63) is 155 Å². The Kier molecular flexibility index (Phi) is 7.41. The van der Waals surface area contributed by atoms with E-state index in [2.05, 4.69) is 160 Å². The van der Waals surface area contributed by atoms with Gasteiger partial charge >= 0.3 is 11.6 Å². The monoisotopic (exact) mass is 602 g/mol. The Balaban J connectivity index is 1.38. The zero-order valence-corrected chi connectivity index (χ0v) is 27.2. The van der Waals surface area contributed by atoms with Gasteiger partial charge in [-0.3, -0.25) is 0 Å². The molecule has 0 saturated carbocycles. The van der Waals surface area contributed by atoms with E-state index in [1.54, 1.807) is 0 Å². The standard InChI is InChI=1S/C40H38N6/c1-27-20-29(3)37(30(4)21-27)39-41-45(25-43(39)33-14-9-7-10-15-33)35-18-13-19-36(24-35)46-26-44(34-16-11-8-12-17-34)40(42-46)38-31(5)22-28(2)23-32(38)6/h7-26H,1-6H3/q+2. The smallest absolute Gasteiger partial charge is 0.196 e. The molecule has 0 atom stereocenters. The molecule has 226 valence electrons. The Morgan fingerprint density at radius 3 is 1.17 bits per heavy atom. The van der Waals surface area contributed by atoms with E-state index in [1.165, 1.54) is 33.4 Å². The molecule has 0 aliphatic rings. The Morgan fingerprint density at radius 2 is 0.804 bits per heavy atom. The highest BCUT2D eigenvalue weighted by atomic mass is 15.4. The predicted octanol–water partition coefficient (Wildman–Crippen LogP) is 7.80. The van der Waals surface area contributed by atoms with E-state index in [0.717, 1.165) is 45.5 Å². The third kappa shape index (κ3) is 5.32. The summed E-state index contributed by atoms with van der Waals surface area (Å²) < 4.78 is 8.29. The molecule has 6 heteroatoms. The second-order valence-corrected chi connectivity index (χ2v) is 12.2. The van der Waals surface area contributed by atoms with Crippen LogP contribution in [0.25, 0.3) is 45.5 Å². The predicted molar refractivity (Wildman–Crippen MR) is 183 cm³/mol. The highest BCUT2D eigenvalue weighted by molar-refractivity contribution is 5.65. The number of hydrogen-bond acceptors (Lipinski definition) is 2. The Labute approximate surface area is 270 Å². The van der Waals surface area contributed by atoms with Gasteiger partial charge in [-0.15, -0.1) is 0 Å². The molecular formula is C40H38N6+2. The first kappa shape index (κ1) is 29.1. The SMILES string of the molecule is Cc1cc(C)c(-c2nn(-c3cccc(-n4c[n+](-c5ccccc5)c(-c5c(C)cc(C)cc5C)n4)c3)c[n+]2-c2ccccc2)c(C)c1. The van der Waals surface area contributed by atoms with Crippen LogP contribution in [0.3, 0.4) is 0 Å². The lowest BCUT2D eigenvalue weighted by atomic mass is 9.99. The zero-order valence-electron chi connectivity index (χ0n) is 27.2. The van der Waals surface area contributed by atoms with Crippen molar-refractivity contribution in [2.24, 2.45) is 0 Å². The molecule has 0 aliphatic heterocycles. The number of hydrogen-bond donors (Lipinski definition) is 0. The van der Waals surface area contributed by atoms with E-state index in [0.29, 0.717) is 0 Å². The van der Waals surface area contributed by atoms with Crippen LogP contribution in [0.2, 0.25) is 0 Å². The number of aryl methyl sites for hydroxylation is 6. The van der Waals surface area contributed by atoms with Gasteiger partial charge in [0.05, 0.1) is 21.3 Å². The summed E-state index contributed by atoms with van der Waals surface area (Å²) in [6, 6.07) is 38.1. The van der Waals surface area contributed by atoms with Crippen molar-refractivity contribution in [3.8, 4) is 45.5 Å². The van der Waals surface area contributed by atoms with Crippen molar-refractivity contribution in [2.75, 3.05) is 0 Å². The highest BCUT2D eigenvalue weighted by Gasteiger charge is 2.27. The van der Waals surface area contributed by atoms with Crippen LogP contribution >= 0.6 is 0 Å². The van der Waals surface area contributed by atoms with Crippen LogP contribution in [0.5, 0.6) is 0 Å². The van der Waals surface area contributed by atoms with Crippen LogP contribution in [0, 0.1) is 41.5 Å². The maximum atomic E-state index is 5.21. The minimum atomic E-state index is 0.903. The van der Waals surface area contributed by atoms with Crippen molar-refractivity contribution in [3.63, 3.8) is 0 Å². The minimum absolute atomic E-state index is 0.903. The summed E-state index contributed by atoms with van der Waals surface area (Å²) in [6.07, 6.45) is 4.14. The molecule has 7 aromatic rings. The molecule has 6 nitrogen and oxygen atoms in total. The van der Waals surface area contributed by atoms with E-state index >= 15 is 0 Å². The lowest BCUT2D eigenvalue weighted by molar-refractivity contribution is -0.584. The molecule has 0 unspecified atom stereocenters. The van der Waals surface area contributed by atoms with Crippen LogP contribution in [0.4, 0.5) is 0 Å². The van der Waals surface area contributed by atoms with Gasteiger partial charge in [-0.2, -0.15) is 9.13 Å². The Bertz CT molecular complexity index is 2010. The fourth-order valence-electron chi connectivity index (χ4n) is 6.67. The number of benzene rings is 5. The Hall–Kier alpha value is -5.62. The molecule has 0 aliphatic carbocycles.